The van der Waals surface area contributed by atoms with Gasteiger partial charge in [-0.3, -0.25) is 9.78 Å². The van der Waals surface area contributed by atoms with E-state index >= 15 is 0 Å². The highest BCUT2D eigenvalue weighted by atomic mass is 32.2. The smallest absolute Gasteiger partial charge is 0.246 e. The van der Waals surface area contributed by atoms with E-state index in [0.717, 1.165) is 11.8 Å². The van der Waals surface area contributed by atoms with E-state index in [4.69, 9.17) is 4.74 Å². The van der Waals surface area contributed by atoms with Gasteiger partial charge in [0.1, 0.15) is 17.9 Å². The number of anilines is 1. The van der Waals surface area contributed by atoms with Gasteiger partial charge in [0.25, 0.3) is 0 Å². The van der Waals surface area contributed by atoms with Gasteiger partial charge < -0.3 is 9.64 Å². The van der Waals surface area contributed by atoms with Gasteiger partial charge in [0.05, 0.1) is 25.0 Å². The minimum atomic E-state index is -3.51. The van der Waals surface area contributed by atoms with Crippen LogP contribution in [0.2, 0.25) is 0 Å². The monoisotopic (exact) mass is 373 g/mol. The van der Waals surface area contributed by atoms with Gasteiger partial charge in [-0.2, -0.15) is 4.31 Å². The average Bonchev–Trinajstić information content (AvgIpc) is 3.05. The first-order valence-electron chi connectivity index (χ1n) is 8.36. The Kier molecular flexibility index (Phi) is 4.16. The van der Waals surface area contributed by atoms with Gasteiger partial charge in [-0.15, -0.1) is 0 Å². The largest absolute Gasteiger partial charge is 0.487 e. The third-order valence-electron chi connectivity index (χ3n) is 4.71. The predicted octanol–water partition coefficient (Wildman–Crippen LogP) is 1.41. The SMILES string of the molecule is CS(=O)(=O)N1CC2CC1C(=O)N(Cc1cccnc1)c1ccccc1O2. The van der Waals surface area contributed by atoms with Crippen molar-refractivity contribution < 1.29 is 17.9 Å². The fourth-order valence-electron chi connectivity index (χ4n) is 3.54. The highest BCUT2D eigenvalue weighted by molar-refractivity contribution is 7.88. The van der Waals surface area contributed by atoms with Crippen LogP contribution in [0.15, 0.2) is 48.8 Å². The van der Waals surface area contributed by atoms with E-state index in [1.54, 1.807) is 23.4 Å². The van der Waals surface area contributed by atoms with Gasteiger partial charge >= 0.3 is 0 Å². The Morgan fingerprint density at radius 1 is 1.23 bits per heavy atom. The maximum absolute atomic E-state index is 13.3. The van der Waals surface area contributed by atoms with Crippen molar-refractivity contribution in [1.29, 1.82) is 0 Å². The third kappa shape index (κ3) is 3.06. The highest BCUT2D eigenvalue weighted by Crippen LogP contribution is 2.37. The molecule has 136 valence electrons. The van der Waals surface area contributed by atoms with Crippen molar-refractivity contribution in [2.75, 3.05) is 17.7 Å². The first kappa shape index (κ1) is 17.0. The van der Waals surface area contributed by atoms with E-state index in [2.05, 4.69) is 4.98 Å². The van der Waals surface area contributed by atoms with Crippen LogP contribution in [0.3, 0.4) is 0 Å². The second-order valence-electron chi connectivity index (χ2n) is 6.58. The maximum atomic E-state index is 13.3. The lowest BCUT2D eigenvalue weighted by atomic mass is 10.1. The summed E-state index contributed by atoms with van der Waals surface area (Å²) in [4.78, 5) is 19.0. The van der Waals surface area contributed by atoms with Gasteiger partial charge in [0.2, 0.25) is 15.9 Å². The van der Waals surface area contributed by atoms with E-state index in [0.29, 0.717) is 24.4 Å². The molecule has 2 bridgehead atoms. The minimum Gasteiger partial charge on any atom is -0.487 e. The van der Waals surface area contributed by atoms with Crippen molar-refractivity contribution in [2.45, 2.75) is 25.1 Å². The van der Waals surface area contributed by atoms with Gasteiger partial charge in [0.15, 0.2) is 0 Å². The first-order chi connectivity index (χ1) is 12.4. The number of benzene rings is 1. The van der Waals surface area contributed by atoms with Crippen molar-refractivity contribution in [3.8, 4) is 5.75 Å². The quantitative estimate of drug-likeness (QED) is 0.813. The summed E-state index contributed by atoms with van der Waals surface area (Å²) in [5, 5.41) is 0. The molecule has 1 aromatic carbocycles. The molecule has 2 aliphatic heterocycles. The van der Waals surface area contributed by atoms with Crippen LogP contribution in [0.5, 0.6) is 5.75 Å². The molecule has 0 N–H and O–H groups in total. The summed E-state index contributed by atoms with van der Waals surface area (Å²) in [6.07, 6.45) is 4.51. The minimum absolute atomic E-state index is 0.185. The molecule has 26 heavy (non-hydrogen) atoms. The molecule has 8 heteroatoms. The number of ether oxygens (including phenoxy) is 1. The summed E-state index contributed by atoms with van der Waals surface area (Å²) in [6, 6.07) is 10.2. The molecule has 4 rings (SSSR count). The number of pyridine rings is 1. The number of para-hydroxylation sites is 2. The lowest BCUT2D eigenvalue weighted by Crippen LogP contribution is -2.47. The molecule has 2 atom stereocenters. The van der Waals surface area contributed by atoms with Crippen LogP contribution < -0.4 is 9.64 Å². The fourth-order valence-corrected chi connectivity index (χ4v) is 4.62. The van der Waals surface area contributed by atoms with Crippen molar-refractivity contribution in [1.82, 2.24) is 9.29 Å². The summed E-state index contributed by atoms with van der Waals surface area (Å²) in [7, 11) is -3.51. The van der Waals surface area contributed by atoms with E-state index in [1.807, 2.05) is 30.3 Å². The number of carbonyl (C=O) groups is 1. The highest BCUT2D eigenvalue weighted by Gasteiger charge is 2.46. The van der Waals surface area contributed by atoms with Crippen molar-refractivity contribution in [3.63, 3.8) is 0 Å². The van der Waals surface area contributed by atoms with Gasteiger partial charge in [-0.05, 0) is 23.8 Å². The Labute approximate surface area is 152 Å². The molecular weight excluding hydrogens is 354 g/mol. The van der Waals surface area contributed by atoms with Crippen molar-refractivity contribution in [3.05, 3.63) is 54.4 Å². The lowest BCUT2D eigenvalue weighted by Gasteiger charge is -2.31. The van der Waals surface area contributed by atoms with Crippen LogP contribution in [0.25, 0.3) is 0 Å². The zero-order valence-corrected chi connectivity index (χ0v) is 15.1. The second-order valence-corrected chi connectivity index (χ2v) is 8.51. The topological polar surface area (TPSA) is 79.8 Å². The Balaban J connectivity index is 1.79. The molecular formula is C18H19N3O4S. The molecule has 0 radical (unpaired) electrons. The Bertz CT molecular complexity index is 932. The summed E-state index contributed by atoms with van der Waals surface area (Å²) in [5.74, 6) is 0.348. The van der Waals surface area contributed by atoms with Gasteiger partial charge in [-0.25, -0.2) is 8.42 Å². The van der Waals surface area contributed by atoms with Gasteiger partial charge in [0, 0.05) is 18.8 Å². The molecule has 2 unspecified atom stereocenters. The number of hydrogen-bond acceptors (Lipinski definition) is 5. The normalized spacial score (nSPS) is 23.1. The van der Waals surface area contributed by atoms with Gasteiger partial charge in [-0.1, -0.05) is 18.2 Å². The molecule has 0 saturated carbocycles. The van der Waals surface area contributed by atoms with E-state index < -0.39 is 16.1 Å². The number of hydrogen-bond donors (Lipinski definition) is 0. The molecule has 0 aliphatic carbocycles. The van der Waals surface area contributed by atoms with Crippen LogP contribution in [-0.2, 0) is 21.4 Å². The third-order valence-corrected chi connectivity index (χ3v) is 5.96. The molecule has 1 aromatic heterocycles. The summed E-state index contributed by atoms with van der Waals surface area (Å²) in [6.45, 7) is 0.482. The Morgan fingerprint density at radius 2 is 2.04 bits per heavy atom. The first-order valence-corrected chi connectivity index (χ1v) is 10.2. The zero-order valence-electron chi connectivity index (χ0n) is 14.3. The molecule has 1 fully saturated rings. The summed E-state index contributed by atoms with van der Waals surface area (Å²) in [5.41, 5.74) is 1.50. The number of sulfonamides is 1. The van der Waals surface area contributed by atoms with Crippen LogP contribution in [-0.4, -0.2) is 48.6 Å². The van der Waals surface area contributed by atoms with Crippen LogP contribution in [0.1, 0.15) is 12.0 Å². The zero-order chi connectivity index (χ0) is 18.3. The van der Waals surface area contributed by atoms with E-state index in [-0.39, 0.29) is 18.6 Å². The summed E-state index contributed by atoms with van der Waals surface area (Å²) >= 11 is 0. The van der Waals surface area contributed by atoms with E-state index in [1.165, 1.54) is 4.31 Å². The number of rotatable bonds is 3. The number of nitrogens with zero attached hydrogens (tertiary/aromatic N) is 3. The van der Waals surface area contributed by atoms with Crippen molar-refractivity contribution >= 4 is 21.6 Å². The molecule has 3 heterocycles. The Morgan fingerprint density at radius 3 is 2.77 bits per heavy atom. The molecule has 2 aliphatic rings. The number of amides is 1. The Hall–Kier alpha value is -2.45. The van der Waals surface area contributed by atoms with Crippen LogP contribution in [0, 0.1) is 0 Å². The van der Waals surface area contributed by atoms with Crippen molar-refractivity contribution in [2.24, 2.45) is 0 Å². The number of carbonyl (C=O) groups excluding carboxylic acids is 1. The molecule has 1 amide bonds. The molecule has 0 spiro atoms. The standard InChI is InChI=1S/C18H19N3O4S/c1-26(23,24)21-12-14-9-16(21)18(22)20(11-13-5-4-8-19-10-13)15-6-2-3-7-17(15)25-14/h2-8,10,14,16H,9,11-12H2,1H3. The lowest BCUT2D eigenvalue weighted by molar-refractivity contribution is -0.122. The van der Waals surface area contributed by atoms with Crippen LogP contribution in [0.4, 0.5) is 5.69 Å². The number of aromatic nitrogens is 1. The fraction of sp³-hybridized carbons (Fsp3) is 0.333. The average molecular weight is 373 g/mol. The predicted molar refractivity (Wildman–Crippen MR) is 96.2 cm³/mol. The van der Waals surface area contributed by atoms with Crippen LogP contribution >= 0.6 is 0 Å². The molecule has 2 aromatic rings. The molecule has 1 saturated heterocycles. The van der Waals surface area contributed by atoms with E-state index in [9.17, 15) is 13.2 Å². The maximum Gasteiger partial charge on any atom is 0.246 e. The summed E-state index contributed by atoms with van der Waals surface area (Å²) < 4.78 is 31.7. The molecule has 7 nitrogen and oxygen atoms in total. The second kappa shape index (κ2) is 6.37. The number of fused-ring (bicyclic) bond motifs is 3.